The fraction of sp³-hybridized carbons (Fsp3) is 0.320. The number of pyridine rings is 2. The topological polar surface area (TPSA) is 112 Å². The van der Waals surface area contributed by atoms with Crippen LogP contribution in [0, 0.1) is 0 Å². The summed E-state index contributed by atoms with van der Waals surface area (Å²) in [7, 11) is -3.91. The number of carboxylic acid groups (broad SMARTS) is 1. The number of hydrogen-bond acceptors (Lipinski definition) is 6. The van der Waals surface area contributed by atoms with Crippen molar-refractivity contribution in [2.75, 3.05) is 11.9 Å². The van der Waals surface area contributed by atoms with E-state index in [2.05, 4.69) is 36.1 Å². The van der Waals surface area contributed by atoms with Crippen molar-refractivity contribution in [3.8, 4) is 0 Å². The molecule has 2 heterocycles. The van der Waals surface area contributed by atoms with Crippen LogP contribution >= 0.6 is 12.4 Å². The van der Waals surface area contributed by atoms with Gasteiger partial charge in [0.25, 0.3) is 10.0 Å². The molecule has 0 aliphatic rings. The highest BCUT2D eigenvalue weighted by molar-refractivity contribution is 7.89. The Morgan fingerprint density at radius 2 is 1.74 bits per heavy atom. The third kappa shape index (κ3) is 7.48. The minimum atomic E-state index is -3.91. The molecule has 0 aliphatic carbocycles. The van der Waals surface area contributed by atoms with Crippen molar-refractivity contribution >= 4 is 34.2 Å². The Morgan fingerprint density at radius 3 is 2.34 bits per heavy atom. The normalized spacial score (nSPS) is 11.7. The Kier molecular flexibility index (Phi) is 9.76. The molecule has 2 aromatic heterocycles. The molecule has 0 spiro atoms. The summed E-state index contributed by atoms with van der Waals surface area (Å²) in [5.41, 5.74) is 2.55. The zero-order valence-corrected chi connectivity index (χ0v) is 21.6. The maximum atomic E-state index is 13.5. The van der Waals surface area contributed by atoms with Gasteiger partial charge in [0, 0.05) is 12.7 Å². The zero-order valence-electron chi connectivity index (χ0n) is 20.0. The van der Waals surface area contributed by atoms with Crippen molar-refractivity contribution in [3.63, 3.8) is 0 Å². The van der Waals surface area contributed by atoms with E-state index >= 15 is 0 Å². The third-order valence-electron chi connectivity index (χ3n) is 5.79. The number of halogens is 1. The van der Waals surface area contributed by atoms with Crippen LogP contribution in [0.2, 0.25) is 0 Å². The van der Waals surface area contributed by atoms with Crippen LogP contribution in [0.25, 0.3) is 0 Å². The number of nitrogens with zero attached hydrogens (tertiary/aromatic N) is 3. The first kappa shape index (κ1) is 28.2. The van der Waals surface area contributed by atoms with Gasteiger partial charge in [-0.25, -0.2) is 18.4 Å². The second-order valence-electron chi connectivity index (χ2n) is 8.64. The van der Waals surface area contributed by atoms with Crippen molar-refractivity contribution < 1.29 is 18.3 Å². The van der Waals surface area contributed by atoms with E-state index in [1.54, 1.807) is 30.3 Å². The number of carboxylic acids is 1. The van der Waals surface area contributed by atoms with E-state index in [4.69, 9.17) is 5.11 Å². The van der Waals surface area contributed by atoms with Crippen LogP contribution in [-0.4, -0.2) is 40.3 Å². The average molecular weight is 519 g/mol. The monoisotopic (exact) mass is 518 g/mol. The van der Waals surface area contributed by atoms with E-state index < -0.39 is 16.0 Å². The van der Waals surface area contributed by atoms with Crippen molar-refractivity contribution in [1.82, 2.24) is 14.3 Å². The lowest BCUT2D eigenvalue weighted by molar-refractivity contribution is -0.134. The predicted octanol–water partition coefficient (Wildman–Crippen LogP) is 4.47. The summed E-state index contributed by atoms with van der Waals surface area (Å²) in [6.45, 7) is 6.35. The second-order valence-corrected chi connectivity index (χ2v) is 10.5. The molecule has 0 aliphatic heterocycles. The van der Waals surface area contributed by atoms with Crippen molar-refractivity contribution in [2.45, 2.75) is 50.7 Å². The first-order valence-electron chi connectivity index (χ1n) is 11.0. The molecular weight excluding hydrogens is 488 g/mol. The highest BCUT2D eigenvalue weighted by atomic mass is 35.5. The summed E-state index contributed by atoms with van der Waals surface area (Å²) in [6.07, 6.45) is 2.44. The molecule has 0 amide bonds. The second kappa shape index (κ2) is 12.1. The molecule has 35 heavy (non-hydrogen) atoms. The number of aliphatic carboxylic acids is 1. The van der Waals surface area contributed by atoms with Gasteiger partial charge in [0.2, 0.25) is 0 Å². The van der Waals surface area contributed by atoms with Crippen LogP contribution in [-0.2, 0) is 33.3 Å². The van der Waals surface area contributed by atoms with Gasteiger partial charge in [-0.1, -0.05) is 57.2 Å². The number of rotatable bonds is 11. The van der Waals surface area contributed by atoms with Crippen molar-refractivity contribution in [2.24, 2.45) is 0 Å². The summed E-state index contributed by atoms with van der Waals surface area (Å²) in [4.78, 5) is 19.3. The maximum Gasteiger partial charge on any atom is 0.322 e. The van der Waals surface area contributed by atoms with Gasteiger partial charge in [-0.15, -0.1) is 12.4 Å². The van der Waals surface area contributed by atoms with E-state index in [1.807, 2.05) is 24.3 Å². The lowest BCUT2D eigenvalue weighted by atomic mass is 9.82. The summed E-state index contributed by atoms with van der Waals surface area (Å²) in [5.74, 6) is -0.650. The van der Waals surface area contributed by atoms with Gasteiger partial charge in [-0.2, -0.15) is 4.31 Å². The van der Waals surface area contributed by atoms with Gasteiger partial charge in [-0.05, 0) is 47.2 Å². The van der Waals surface area contributed by atoms with E-state index in [1.165, 1.54) is 22.1 Å². The Morgan fingerprint density at radius 1 is 1.03 bits per heavy atom. The summed E-state index contributed by atoms with van der Waals surface area (Å²) in [5, 5.41) is 11.6. The largest absolute Gasteiger partial charge is 0.480 e. The maximum absolute atomic E-state index is 13.5. The first-order chi connectivity index (χ1) is 16.1. The lowest BCUT2D eigenvalue weighted by Crippen LogP contribution is -2.31. The van der Waals surface area contributed by atoms with E-state index in [0.29, 0.717) is 11.5 Å². The molecule has 8 nitrogen and oxygen atoms in total. The van der Waals surface area contributed by atoms with E-state index in [0.717, 1.165) is 12.0 Å². The Hall–Kier alpha value is -3.01. The molecule has 10 heteroatoms. The van der Waals surface area contributed by atoms with Crippen LogP contribution < -0.4 is 5.32 Å². The SMILES string of the molecule is CCC(C)(C)c1ccc(CN(Cc2cccc(NCC(=O)O)n2)S(=O)(=O)c2ccccn2)cc1.Cl. The standard InChI is InChI=1S/C25H30N4O4S.ClH/c1-4-25(2,3)20-13-11-19(12-14-20)17-29(34(32,33)23-10-5-6-15-26-23)18-21-8-7-9-22(28-21)27-16-24(30)31;/h5-15H,4,16-18H2,1-3H3,(H,27,28)(H,30,31);1H. The Bertz CT molecular complexity index is 1220. The molecule has 0 unspecified atom stereocenters. The van der Waals surface area contributed by atoms with Gasteiger partial charge in [0.05, 0.1) is 12.2 Å². The fourth-order valence-electron chi connectivity index (χ4n) is 3.34. The number of benzene rings is 1. The van der Waals surface area contributed by atoms with Crippen molar-refractivity contribution in [3.05, 3.63) is 83.7 Å². The van der Waals surface area contributed by atoms with Crippen LogP contribution in [0.4, 0.5) is 5.82 Å². The molecule has 0 saturated heterocycles. The zero-order chi connectivity index (χ0) is 24.8. The number of aromatic nitrogens is 2. The van der Waals surface area contributed by atoms with E-state index in [-0.39, 0.29) is 42.5 Å². The molecule has 188 valence electrons. The summed E-state index contributed by atoms with van der Waals surface area (Å²) >= 11 is 0. The molecule has 0 radical (unpaired) electrons. The number of anilines is 1. The van der Waals surface area contributed by atoms with Crippen LogP contribution in [0.3, 0.4) is 0 Å². The molecule has 3 aromatic rings. The van der Waals surface area contributed by atoms with Gasteiger partial charge in [0.1, 0.15) is 12.4 Å². The predicted molar refractivity (Wildman–Crippen MR) is 138 cm³/mol. The van der Waals surface area contributed by atoms with Crippen molar-refractivity contribution in [1.29, 1.82) is 0 Å². The van der Waals surface area contributed by atoms with Gasteiger partial charge in [0.15, 0.2) is 5.03 Å². The van der Waals surface area contributed by atoms with Gasteiger partial charge >= 0.3 is 5.97 Å². The Labute approximate surface area is 212 Å². The van der Waals surface area contributed by atoms with Gasteiger partial charge in [-0.3, -0.25) is 4.79 Å². The molecular formula is C25H31ClN4O4S. The average Bonchev–Trinajstić information content (AvgIpc) is 2.83. The van der Waals surface area contributed by atoms with Crippen LogP contribution in [0.5, 0.6) is 0 Å². The minimum absolute atomic E-state index is 0. The molecule has 3 rings (SSSR count). The molecule has 0 fully saturated rings. The Balaban J connectivity index is 0.00000432. The summed E-state index contributed by atoms with van der Waals surface area (Å²) < 4.78 is 28.2. The highest BCUT2D eigenvalue weighted by Gasteiger charge is 2.27. The molecule has 1 aromatic carbocycles. The minimum Gasteiger partial charge on any atom is -0.480 e. The quantitative estimate of drug-likeness (QED) is 0.385. The molecule has 0 bridgehead atoms. The fourth-order valence-corrected chi connectivity index (χ4v) is 4.67. The highest BCUT2D eigenvalue weighted by Crippen LogP contribution is 2.27. The first-order valence-corrected chi connectivity index (χ1v) is 12.5. The van der Waals surface area contributed by atoms with Gasteiger partial charge < -0.3 is 10.4 Å². The van der Waals surface area contributed by atoms with E-state index in [9.17, 15) is 13.2 Å². The lowest BCUT2D eigenvalue weighted by Gasteiger charge is -2.25. The molecule has 2 N–H and O–H groups in total. The van der Waals surface area contributed by atoms with Crippen LogP contribution in [0.15, 0.2) is 71.9 Å². The molecule has 0 atom stereocenters. The summed E-state index contributed by atoms with van der Waals surface area (Å²) in [6, 6.07) is 17.8. The number of hydrogen-bond donors (Lipinski definition) is 2. The molecule has 0 saturated carbocycles. The number of sulfonamides is 1. The third-order valence-corrected chi connectivity index (χ3v) is 7.49. The smallest absolute Gasteiger partial charge is 0.322 e. The number of nitrogens with one attached hydrogen (secondary N) is 1. The number of carbonyl (C=O) groups is 1. The van der Waals surface area contributed by atoms with Crippen LogP contribution in [0.1, 0.15) is 44.0 Å².